The average molecular weight is 299 g/mol. The lowest BCUT2D eigenvalue weighted by atomic mass is 10.1. The molecule has 0 saturated carbocycles. The van der Waals surface area contributed by atoms with Crippen molar-refractivity contribution in [3.8, 4) is 5.75 Å². The van der Waals surface area contributed by atoms with Crippen LogP contribution >= 0.6 is 0 Å². The first kappa shape index (κ1) is 15.6. The first-order valence-corrected chi connectivity index (χ1v) is 6.79. The predicted molar refractivity (Wildman–Crippen MR) is 83.2 cm³/mol. The van der Waals surface area contributed by atoms with E-state index in [-0.39, 0.29) is 0 Å². The number of hydrogen-bond acceptors (Lipinski definition) is 4. The number of carbonyl (C=O) groups is 1. The highest BCUT2D eigenvalue weighted by molar-refractivity contribution is 5.79. The van der Waals surface area contributed by atoms with E-state index >= 15 is 0 Å². The molecule has 0 saturated heterocycles. The summed E-state index contributed by atoms with van der Waals surface area (Å²) in [6.07, 6.45) is 0.937. The summed E-state index contributed by atoms with van der Waals surface area (Å²) in [6, 6.07) is 16.4. The van der Waals surface area contributed by atoms with Gasteiger partial charge in [0.25, 0.3) is 0 Å². The van der Waals surface area contributed by atoms with E-state index in [4.69, 9.17) is 4.74 Å². The lowest BCUT2D eigenvalue weighted by molar-refractivity contribution is -0.145. The van der Waals surface area contributed by atoms with Crippen LogP contribution in [0.3, 0.4) is 0 Å². The highest BCUT2D eigenvalue weighted by Crippen LogP contribution is 2.15. The number of carboxylic acids is 1. The Balaban J connectivity index is 2.04. The van der Waals surface area contributed by atoms with E-state index in [2.05, 4.69) is 9.99 Å². The van der Waals surface area contributed by atoms with E-state index in [1.54, 1.807) is 30.5 Å². The van der Waals surface area contributed by atoms with E-state index in [1.807, 2.05) is 30.3 Å². The molecular weight excluding hydrogens is 282 g/mol. The lowest BCUT2D eigenvalue weighted by Gasteiger charge is -2.15. The van der Waals surface area contributed by atoms with Crippen molar-refractivity contribution in [2.24, 2.45) is 5.16 Å². The molecule has 0 amide bonds. The maximum absolute atomic E-state index is 11.4. The highest BCUT2D eigenvalue weighted by Gasteiger charge is 2.19. The van der Waals surface area contributed by atoms with Gasteiger partial charge in [-0.25, -0.2) is 4.79 Å². The van der Waals surface area contributed by atoms with Gasteiger partial charge in [-0.05, 0) is 35.4 Å². The van der Waals surface area contributed by atoms with Crippen LogP contribution in [0.5, 0.6) is 5.75 Å². The summed E-state index contributed by atoms with van der Waals surface area (Å²) < 4.78 is 5.56. The van der Waals surface area contributed by atoms with Gasteiger partial charge in [0.2, 0.25) is 0 Å². The molecule has 0 fully saturated rings. The smallest absolute Gasteiger partial charge is 0.345 e. The Labute approximate surface area is 128 Å². The van der Waals surface area contributed by atoms with Crippen LogP contribution in [0.15, 0.2) is 59.8 Å². The molecule has 1 N–H and O–H groups in total. The number of hydrogen-bond donors (Lipinski definition) is 1. The molecular formula is C17H17NO4. The van der Waals surface area contributed by atoms with Crippen LogP contribution in [0.1, 0.15) is 11.1 Å². The van der Waals surface area contributed by atoms with Crippen molar-refractivity contribution in [1.82, 2.24) is 0 Å². The van der Waals surface area contributed by atoms with E-state index < -0.39 is 12.1 Å². The molecule has 2 aromatic carbocycles. The van der Waals surface area contributed by atoms with Crippen LogP contribution in [0.4, 0.5) is 0 Å². The first-order valence-electron chi connectivity index (χ1n) is 6.79. The Bertz CT molecular complexity index is 623. The van der Waals surface area contributed by atoms with E-state index in [0.29, 0.717) is 12.2 Å². The highest BCUT2D eigenvalue weighted by atomic mass is 16.6. The summed E-state index contributed by atoms with van der Waals surface area (Å²) >= 11 is 0. The molecule has 2 rings (SSSR count). The van der Waals surface area contributed by atoms with Crippen LogP contribution in [-0.4, -0.2) is 30.5 Å². The van der Waals surface area contributed by atoms with E-state index in [0.717, 1.165) is 11.1 Å². The molecule has 0 spiro atoms. The summed E-state index contributed by atoms with van der Waals surface area (Å²) in [5, 5.41) is 13.0. The van der Waals surface area contributed by atoms with Gasteiger partial charge in [0.15, 0.2) is 6.10 Å². The summed E-state index contributed by atoms with van der Waals surface area (Å²) in [4.78, 5) is 16.0. The second-order valence-corrected chi connectivity index (χ2v) is 4.62. The SMILES string of the molecule is CO/N=C/c1ccc(OC(Cc2ccccc2)C(=O)O)cc1. The minimum atomic E-state index is -0.992. The molecule has 1 unspecified atom stereocenters. The summed E-state index contributed by atoms with van der Waals surface area (Å²) in [5.41, 5.74) is 1.75. The van der Waals surface area contributed by atoms with Gasteiger partial charge in [0, 0.05) is 6.42 Å². The largest absolute Gasteiger partial charge is 0.478 e. The van der Waals surface area contributed by atoms with Crippen molar-refractivity contribution < 1.29 is 19.5 Å². The fourth-order valence-electron chi connectivity index (χ4n) is 1.92. The first-order chi connectivity index (χ1) is 10.7. The predicted octanol–water partition coefficient (Wildman–Crippen LogP) is 2.74. The minimum absolute atomic E-state index is 0.309. The standard InChI is InChI=1S/C17H17NO4/c1-21-18-12-14-7-9-15(10-8-14)22-16(17(19)20)11-13-5-3-2-4-6-13/h2-10,12,16H,11H2,1H3,(H,19,20)/b18-12+. The molecule has 0 radical (unpaired) electrons. The van der Waals surface area contributed by atoms with Crippen LogP contribution in [0.25, 0.3) is 0 Å². The third-order valence-corrected chi connectivity index (χ3v) is 3.00. The number of nitrogens with zero attached hydrogens (tertiary/aromatic N) is 1. The summed E-state index contributed by atoms with van der Waals surface area (Å²) in [6.45, 7) is 0. The monoisotopic (exact) mass is 299 g/mol. The van der Waals surface area contributed by atoms with Gasteiger partial charge >= 0.3 is 5.97 Å². The second kappa shape index (κ2) is 7.83. The number of benzene rings is 2. The van der Waals surface area contributed by atoms with Gasteiger partial charge < -0.3 is 14.7 Å². The van der Waals surface area contributed by atoms with Gasteiger partial charge in [-0.3, -0.25) is 0 Å². The molecule has 0 bridgehead atoms. The fourth-order valence-corrected chi connectivity index (χ4v) is 1.92. The minimum Gasteiger partial charge on any atom is -0.478 e. The molecule has 22 heavy (non-hydrogen) atoms. The normalized spacial score (nSPS) is 12.0. The van der Waals surface area contributed by atoms with Crippen molar-refractivity contribution in [2.75, 3.05) is 7.11 Å². The molecule has 0 heterocycles. The Morgan fingerprint density at radius 1 is 1.18 bits per heavy atom. The van der Waals surface area contributed by atoms with Crippen molar-refractivity contribution in [3.63, 3.8) is 0 Å². The molecule has 114 valence electrons. The van der Waals surface area contributed by atoms with Crippen molar-refractivity contribution in [2.45, 2.75) is 12.5 Å². The van der Waals surface area contributed by atoms with Gasteiger partial charge in [0.05, 0.1) is 6.21 Å². The topological polar surface area (TPSA) is 68.1 Å². The van der Waals surface area contributed by atoms with Crippen LogP contribution < -0.4 is 4.74 Å². The number of aliphatic carboxylic acids is 1. The fraction of sp³-hybridized carbons (Fsp3) is 0.176. The summed E-state index contributed by atoms with van der Waals surface area (Å²) in [7, 11) is 1.47. The Hall–Kier alpha value is -2.82. The quantitative estimate of drug-likeness (QED) is 0.630. The molecule has 0 aliphatic heterocycles. The molecule has 2 aromatic rings. The number of ether oxygens (including phenoxy) is 1. The maximum Gasteiger partial charge on any atom is 0.345 e. The molecule has 5 nitrogen and oxygen atoms in total. The van der Waals surface area contributed by atoms with Crippen LogP contribution in [0, 0.1) is 0 Å². The number of oxime groups is 1. The van der Waals surface area contributed by atoms with Crippen molar-refractivity contribution in [1.29, 1.82) is 0 Å². The van der Waals surface area contributed by atoms with Crippen LogP contribution in [-0.2, 0) is 16.1 Å². The third kappa shape index (κ3) is 4.63. The number of carboxylic acid groups (broad SMARTS) is 1. The third-order valence-electron chi connectivity index (χ3n) is 3.00. The zero-order valence-corrected chi connectivity index (χ0v) is 12.2. The van der Waals surface area contributed by atoms with Crippen LogP contribution in [0.2, 0.25) is 0 Å². The lowest BCUT2D eigenvalue weighted by Crippen LogP contribution is -2.29. The Kier molecular flexibility index (Phi) is 5.54. The van der Waals surface area contributed by atoms with Gasteiger partial charge in [-0.2, -0.15) is 0 Å². The van der Waals surface area contributed by atoms with Gasteiger partial charge in [-0.1, -0.05) is 35.5 Å². The molecule has 0 aliphatic rings. The molecule has 0 aromatic heterocycles. The van der Waals surface area contributed by atoms with Gasteiger partial charge in [0.1, 0.15) is 12.9 Å². The number of rotatable bonds is 7. The van der Waals surface area contributed by atoms with E-state index in [1.165, 1.54) is 7.11 Å². The zero-order valence-electron chi connectivity index (χ0n) is 12.2. The molecule has 0 aliphatic carbocycles. The van der Waals surface area contributed by atoms with Crippen molar-refractivity contribution in [3.05, 3.63) is 65.7 Å². The van der Waals surface area contributed by atoms with Crippen molar-refractivity contribution >= 4 is 12.2 Å². The van der Waals surface area contributed by atoms with Gasteiger partial charge in [-0.15, -0.1) is 0 Å². The second-order valence-electron chi connectivity index (χ2n) is 4.62. The molecule has 5 heteroatoms. The average Bonchev–Trinajstić information content (AvgIpc) is 2.54. The zero-order chi connectivity index (χ0) is 15.8. The summed E-state index contributed by atoms with van der Waals surface area (Å²) in [5.74, 6) is -0.494. The Morgan fingerprint density at radius 3 is 2.45 bits per heavy atom. The Morgan fingerprint density at radius 2 is 1.86 bits per heavy atom. The maximum atomic E-state index is 11.4. The van der Waals surface area contributed by atoms with E-state index in [9.17, 15) is 9.90 Å². The molecule has 1 atom stereocenters.